The molecule has 0 fully saturated rings. The Labute approximate surface area is 83.5 Å². The number of likely N-dealkylation sites (N-methyl/N-ethyl adjacent to an activating group) is 1. The standard InChI is InChI=1S/C11H14N2O/c1-3-13-10-8(7(2)11(13)14)5-4-6-9(10)12/h4-7H,3,12H2,1-2H3. The molecule has 0 radical (unpaired) electrons. The van der Waals surface area contributed by atoms with E-state index in [9.17, 15) is 4.79 Å². The van der Waals surface area contributed by atoms with Crippen LogP contribution >= 0.6 is 0 Å². The van der Waals surface area contributed by atoms with Crippen LogP contribution in [0.2, 0.25) is 0 Å². The third kappa shape index (κ3) is 1.02. The van der Waals surface area contributed by atoms with E-state index >= 15 is 0 Å². The van der Waals surface area contributed by atoms with E-state index in [0.717, 1.165) is 11.3 Å². The normalized spacial score (nSPS) is 20.0. The molecule has 0 saturated heterocycles. The van der Waals surface area contributed by atoms with Crippen LogP contribution in [0.3, 0.4) is 0 Å². The highest BCUT2D eigenvalue weighted by Gasteiger charge is 2.34. The van der Waals surface area contributed by atoms with E-state index in [-0.39, 0.29) is 11.8 Å². The summed E-state index contributed by atoms with van der Waals surface area (Å²) >= 11 is 0. The van der Waals surface area contributed by atoms with Crippen molar-refractivity contribution in [3.8, 4) is 0 Å². The van der Waals surface area contributed by atoms with Crippen LogP contribution in [-0.4, -0.2) is 12.5 Å². The molecule has 1 aliphatic rings. The molecule has 0 saturated carbocycles. The summed E-state index contributed by atoms with van der Waals surface area (Å²) in [6.45, 7) is 4.58. The molecule has 1 atom stereocenters. The van der Waals surface area contributed by atoms with Gasteiger partial charge in [-0.05, 0) is 25.5 Å². The van der Waals surface area contributed by atoms with Crippen LogP contribution in [0.25, 0.3) is 0 Å². The average molecular weight is 190 g/mol. The molecule has 1 unspecified atom stereocenters. The maximum absolute atomic E-state index is 11.8. The van der Waals surface area contributed by atoms with Crippen LogP contribution in [0.4, 0.5) is 11.4 Å². The van der Waals surface area contributed by atoms with E-state index in [1.165, 1.54) is 0 Å². The number of rotatable bonds is 1. The number of para-hydroxylation sites is 1. The second kappa shape index (κ2) is 3.01. The van der Waals surface area contributed by atoms with Gasteiger partial charge in [-0.3, -0.25) is 4.79 Å². The number of fused-ring (bicyclic) bond motifs is 1. The second-order valence-electron chi connectivity index (χ2n) is 3.59. The predicted octanol–water partition coefficient (Wildman–Crippen LogP) is 1.74. The number of nitrogen functional groups attached to an aromatic ring is 1. The lowest BCUT2D eigenvalue weighted by Gasteiger charge is -2.16. The van der Waals surface area contributed by atoms with Crippen molar-refractivity contribution >= 4 is 17.3 Å². The molecule has 1 heterocycles. The number of benzene rings is 1. The summed E-state index contributed by atoms with van der Waals surface area (Å²) in [6, 6.07) is 5.72. The van der Waals surface area contributed by atoms with Gasteiger partial charge in [-0.25, -0.2) is 0 Å². The Balaban J connectivity index is 2.62. The zero-order chi connectivity index (χ0) is 10.3. The van der Waals surface area contributed by atoms with Gasteiger partial charge in [0.1, 0.15) is 0 Å². The summed E-state index contributed by atoms with van der Waals surface area (Å²) in [5.41, 5.74) is 8.53. The van der Waals surface area contributed by atoms with Crippen molar-refractivity contribution in [3.63, 3.8) is 0 Å². The molecule has 0 bridgehead atoms. The highest BCUT2D eigenvalue weighted by Crippen LogP contribution is 2.40. The smallest absolute Gasteiger partial charge is 0.234 e. The largest absolute Gasteiger partial charge is 0.397 e. The molecule has 1 amide bonds. The lowest BCUT2D eigenvalue weighted by atomic mass is 10.0. The Bertz CT molecular complexity index is 387. The molecule has 2 N–H and O–H groups in total. The molecule has 1 aliphatic heterocycles. The Hall–Kier alpha value is -1.51. The molecular formula is C11H14N2O. The maximum atomic E-state index is 11.8. The van der Waals surface area contributed by atoms with E-state index in [4.69, 9.17) is 5.73 Å². The Morgan fingerprint density at radius 3 is 2.86 bits per heavy atom. The zero-order valence-corrected chi connectivity index (χ0v) is 8.45. The van der Waals surface area contributed by atoms with Crippen molar-refractivity contribution < 1.29 is 4.79 Å². The minimum atomic E-state index is -0.0477. The second-order valence-corrected chi connectivity index (χ2v) is 3.59. The number of nitrogens with two attached hydrogens (primary N) is 1. The number of amides is 1. The van der Waals surface area contributed by atoms with E-state index in [0.29, 0.717) is 12.2 Å². The van der Waals surface area contributed by atoms with Gasteiger partial charge in [-0.2, -0.15) is 0 Å². The molecule has 14 heavy (non-hydrogen) atoms. The Kier molecular flexibility index (Phi) is 1.95. The first-order valence-corrected chi connectivity index (χ1v) is 4.86. The molecular weight excluding hydrogens is 176 g/mol. The van der Waals surface area contributed by atoms with Crippen molar-refractivity contribution in [2.45, 2.75) is 19.8 Å². The highest BCUT2D eigenvalue weighted by molar-refractivity contribution is 6.07. The molecule has 1 aromatic rings. The van der Waals surface area contributed by atoms with Crippen LogP contribution in [0.15, 0.2) is 18.2 Å². The molecule has 0 aromatic heterocycles. The van der Waals surface area contributed by atoms with Gasteiger partial charge in [-0.1, -0.05) is 12.1 Å². The monoisotopic (exact) mass is 190 g/mol. The molecule has 0 aliphatic carbocycles. The number of anilines is 2. The van der Waals surface area contributed by atoms with Crippen LogP contribution in [0.5, 0.6) is 0 Å². The quantitative estimate of drug-likeness (QED) is 0.685. The molecule has 0 spiro atoms. The summed E-state index contributed by atoms with van der Waals surface area (Å²) in [5, 5.41) is 0. The maximum Gasteiger partial charge on any atom is 0.234 e. The van der Waals surface area contributed by atoms with E-state index < -0.39 is 0 Å². The molecule has 2 rings (SSSR count). The van der Waals surface area contributed by atoms with Crippen LogP contribution in [0.1, 0.15) is 25.3 Å². The summed E-state index contributed by atoms with van der Waals surface area (Å²) in [4.78, 5) is 13.6. The minimum Gasteiger partial charge on any atom is -0.397 e. The van der Waals surface area contributed by atoms with Crippen molar-refractivity contribution in [3.05, 3.63) is 23.8 Å². The van der Waals surface area contributed by atoms with Gasteiger partial charge in [-0.15, -0.1) is 0 Å². The topological polar surface area (TPSA) is 46.3 Å². The first kappa shape index (κ1) is 9.06. The number of hydrogen-bond acceptors (Lipinski definition) is 2. The van der Waals surface area contributed by atoms with Gasteiger partial charge in [0.15, 0.2) is 0 Å². The number of carbonyl (C=O) groups is 1. The first-order valence-electron chi connectivity index (χ1n) is 4.86. The van der Waals surface area contributed by atoms with Crippen molar-refractivity contribution in [1.29, 1.82) is 0 Å². The minimum absolute atomic E-state index is 0.0477. The predicted molar refractivity (Wildman–Crippen MR) is 57.3 cm³/mol. The molecule has 74 valence electrons. The van der Waals surface area contributed by atoms with E-state index in [1.54, 1.807) is 4.90 Å². The van der Waals surface area contributed by atoms with Gasteiger partial charge in [0.05, 0.1) is 17.3 Å². The number of nitrogens with zero attached hydrogens (tertiary/aromatic N) is 1. The van der Waals surface area contributed by atoms with Crippen LogP contribution < -0.4 is 10.6 Å². The molecule has 3 heteroatoms. The van der Waals surface area contributed by atoms with Crippen LogP contribution in [-0.2, 0) is 4.79 Å². The van der Waals surface area contributed by atoms with Crippen LogP contribution in [0, 0.1) is 0 Å². The van der Waals surface area contributed by atoms with E-state index in [1.807, 2.05) is 32.0 Å². The highest BCUT2D eigenvalue weighted by atomic mass is 16.2. The van der Waals surface area contributed by atoms with Gasteiger partial charge in [0.25, 0.3) is 0 Å². The Morgan fingerprint density at radius 1 is 1.50 bits per heavy atom. The van der Waals surface area contributed by atoms with Gasteiger partial charge in [0, 0.05) is 6.54 Å². The zero-order valence-electron chi connectivity index (χ0n) is 8.45. The summed E-state index contributed by atoms with van der Waals surface area (Å²) in [7, 11) is 0. The summed E-state index contributed by atoms with van der Waals surface area (Å²) in [6.07, 6.45) is 0. The third-order valence-electron chi connectivity index (χ3n) is 2.79. The summed E-state index contributed by atoms with van der Waals surface area (Å²) < 4.78 is 0. The first-order chi connectivity index (χ1) is 6.66. The molecule has 1 aromatic carbocycles. The third-order valence-corrected chi connectivity index (χ3v) is 2.79. The van der Waals surface area contributed by atoms with Crippen molar-refractivity contribution in [1.82, 2.24) is 0 Å². The SMILES string of the molecule is CCN1C(=O)C(C)c2cccc(N)c21. The fourth-order valence-corrected chi connectivity index (χ4v) is 2.03. The van der Waals surface area contributed by atoms with Crippen molar-refractivity contribution in [2.24, 2.45) is 0 Å². The van der Waals surface area contributed by atoms with Gasteiger partial charge in [0.2, 0.25) is 5.91 Å². The lowest BCUT2D eigenvalue weighted by Crippen LogP contribution is -2.27. The number of hydrogen-bond donors (Lipinski definition) is 1. The Morgan fingerprint density at radius 2 is 2.21 bits per heavy atom. The fourth-order valence-electron chi connectivity index (χ4n) is 2.03. The average Bonchev–Trinajstić information content (AvgIpc) is 2.43. The fraction of sp³-hybridized carbons (Fsp3) is 0.364. The van der Waals surface area contributed by atoms with Gasteiger partial charge >= 0.3 is 0 Å². The van der Waals surface area contributed by atoms with Gasteiger partial charge < -0.3 is 10.6 Å². The van der Waals surface area contributed by atoms with Crippen molar-refractivity contribution in [2.75, 3.05) is 17.2 Å². The summed E-state index contributed by atoms with van der Waals surface area (Å²) in [5.74, 6) is 0.105. The van der Waals surface area contributed by atoms with E-state index in [2.05, 4.69) is 0 Å². The molecule has 3 nitrogen and oxygen atoms in total. The number of carbonyl (C=O) groups excluding carboxylic acids is 1. The lowest BCUT2D eigenvalue weighted by molar-refractivity contribution is -0.118.